The van der Waals surface area contributed by atoms with Crippen LogP contribution in [0.25, 0.3) is 33.2 Å². The largest absolute Gasteiger partial charge is 0.464 e. The molecule has 9 heteroatoms. The molecule has 0 aliphatic heterocycles. The van der Waals surface area contributed by atoms with E-state index in [9.17, 15) is 9.59 Å². The average Bonchev–Trinajstić information content (AvgIpc) is 3.23. The summed E-state index contributed by atoms with van der Waals surface area (Å²) in [5, 5.41) is 9.30. The van der Waals surface area contributed by atoms with Crippen molar-refractivity contribution >= 4 is 45.1 Å². The van der Waals surface area contributed by atoms with Gasteiger partial charge >= 0.3 is 5.97 Å². The first-order valence-corrected chi connectivity index (χ1v) is 11.6. The topological polar surface area (TPSA) is 99.2 Å². The SMILES string of the molecule is COC(=O)c1nc(Cl)ccc1NC(C)c1cc(C)cc2c(=O)cc(-c3ccc4nn(C)cc4c3)oc12. The monoisotopic (exact) mass is 502 g/mol. The Labute approximate surface area is 211 Å². The molecule has 36 heavy (non-hydrogen) atoms. The van der Waals surface area contributed by atoms with Gasteiger partial charge in [-0.3, -0.25) is 9.48 Å². The lowest BCUT2D eigenvalue weighted by atomic mass is 10.0. The number of hydrogen-bond donors (Lipinski definition) is 1. The van der Waals surface area contributed by atoms with E-state index in [0.29, 0.717) is 22.4 Å². The molecule has 1 atom stereocenters. The van der Waals surface area contributed by atoms with Crippen LogP contribution in [0.15, 0.2) is 63.9 Å². The van der Waals surface area contributed by atoms with Crippen LogP contribution in [0, 0.1) is 6.92 Å². The van der Waals surface area contributed by atoms with Crippen LogP contribution in [0.5, 0.6) is 0 Å². The highest BCUT2D eigenvalue weighted by Gasteiger charge is 2.20. The van der Waals surface area contributed by atoms with Crippen molar-refractivity contribution in [1.82, 2.24) is 14.8 Å². The molecule has 1 N–H and O–H groups in total. The number of ether oxygens (including phenoxy) is 1. The summed E-state index contributed by atoms with van der Waals surface area (Å²) in [6.45, 7) is 3.83. The number of pyridine rings is 1. The number of carbonyl (C=O) groups excluding carboxylic acids is 1. The fraction of sp³-hybridized carbons (Fsp3) is 0.185. The lowest BCUT2D eigenvalue weighted by Gasteiger charge is -2.19. The Morgan fingerprint density at radius 3 is 2.75 bits per heavy atom. The van der Waals surface area contributed by atoms with Crippen LogP contribution in [0.1, 0.15) is 34.6 Å². The molecule has 0 amide bonds. The predicted molar refractivity (Wildman–Crippen MR) is 140 cm³/mol. The summed E-state index contributed by atoms with van der Waals surface area (Å²) in [6, 6.07) is 13.9. The molecule has 1 unspecified atom stereocenters. The Bertz CT molecular complexity index is 1710. The van der Waals surface area contributed by atoms with Gasteiger partial charge in [-0.15, -0.1) is 0 Å². The van der Waals surface area contributed by atoms with Gasteiger partial charge < -0.3 is 14.5 Å². The first kappa shape index (κ1) is 23.6. The van der Waals surface area contributed by atoms with Crippen molar-refractivity contribution in [3.8, 4) is 11.3 Å². The molecule has 0 radical (unpaired) electrons. The maximum Gasteiger partial charge on any atom is 0.358 e. The standard InChI is InChI=1S/C27H23ClN4O4/c1-14-9-18(15(2)29-21-7-8-24(28)30-25(21)27(34)35-4)26-19(10-14)22(33)12-23(36-26)16-5-6-20-17(11-16)13-32(3)31-20/h5-13,15,29H,1-4H3. The molecule has 0 aliphatic carbocycles. The number of hydrogen-bond acceptors (Lipinski definition) is 7. The number of anilines is 1. The second kappa shape index (κ2) is 9.13. The molecule has 0 aliphatic rings. The van der Waals surface area contributed by atoms with Crippen LogP contribution < -0.4 is 10.7 Å². The molecule has 5 aromatic rings. The predicted octanol–water partition coefficient (Wildman–Crippen LogP) is 5.66. The molecule has 3 heterocycles. The number of esters is 1. The van der Waals surface area contributed by atoms with Crippen LogP contribution >= 0.6 is 11.6 Å². The summed E-state index contributed by atoms with van der Waals surface area (Å²) < 4.78 is 13.0. The minimum absolute atomic E-state index is 0.0701. The number of aromatic nitrogens is 3. The van der Waals surface area contributed by atoms with E-state index in [0.717, 1.165) is 27.6 Å². The zero-order chi connectivity index (χ0) is 25.6. The third-order valence-corrected chi connectivity index (χ3v) is 6.19. The Balaban J connectivity index is 1.62. The molecule has 0 spiro atoms. The lowest BCUT2D eigenvalue weighted by Crippen LogP contribution is -2.14. The van der Waals surface area contributed by atoms with Gasteiger partial charge in [-0.1, -0.05) is 17.7 Å². The highest BCUT2D eigenvalue weighted by Crippen LogP contribution is 2.32. The minimum atomic E-state index is -0.610. The molecule has 0 bridgehead atoms. The van der Waals surface area contributed by atoms with Gasteiger partial charge in [0.15, 0.2) is 11.1 Å². The minimum Gasteiger partial charge on any atom is -0.464 e. The number of rotatable bonds is 5. The molecule has 5 rings (SSSR count). The van der Waals surface area contributed by atoms with Crippen molar-refractivity contribution in [2.45, 2.75) is 19.9 Å². The van der Waals surface area contributed by atoms with Gasteiger partial charge in [0.2, 0.25) is 0 Å². The third-order valence-electron chi connectivity index (χ3n) is 5.98. The van der Waals surface area contributed by atoms with Crippen LogP contribution in [0.4, 0.5) is 5.69 Å². The summed E-state index contributed by atoms with van der Waals surface area (Å²) in [5.74, 6) is -0.153. The zero-order valence-electron chi connectivity index (χ0n) is 20.1. The summed E-state index contributed by atoms with van der Waals surface area (Å²) in [5.41, 5.74) is 4.15. The van der Waals surface area contributed by atoms with Gasteiger partial charge in [0, 0.05) is 35.8 Å². The zero-order valence-corrected chi connectivity index (χ0v) is 20.9. The second-order valence-electron chi connectivity index (χ2n) is 8.67. The van der Waals surface area contributed by atoms with Gasteiger partial charge in [-0.05, 0) is 55.8 Å². The van der Waals surface area contributed by atoms with Gasteiger partial charge in [0.1, 0.15) is 16.5 Å². The number of methoxy groups -OCH3 is 1. The number of benzene rings is 2. The van der Waals surface area contributed by atoms with E-state index in [1.165, 1.54) is 13.2 Å². The first-order valence-electron chi connectivity index (χ1n) is 11.3. The molecule has 8 nitrogen and oxygen atoms in total. The quantitative estimate of drug-likeness (QED) is 0.244. The van der Waals surface area contributed by atoms with Crippen molar-refractivity contribution < 1.29 is 13.9 Å². The maximum atomic E-state index is 13.2. The smallest absolute Gasteiger partial charge is 0.358 e. The molecule has 0 saturated heterocycles. The number of carbonyl (C=O) groups is 1. The van der Waals surface area contributed by atoms with Crippen molar-refractivity contribution in [3.05, 3.63) is 86.9 Å². The van der Waals surface area contributed by atoms with Crippen LogP contribution in [-0.2, 0) is 11.8 Å². The highest BCUT2D eigenvalue weighted by molar-refractivity contribution is 6.29. The Morgan fingerprint density at radius 1 is 1.17 bits per heavy atom. The van der Waals surface area contributed by atoms with E-state index in [4.69, 9.17) is 20.8 Å². The fourth-order valence-electron chi connectivity index (χ4n) is 4.32. The highest BCUT2D eigenvalue weighted by atomic mass is 35.5. The Kier molecular flexibility index (Phi) is 5.97. The van der Waals surface area contributed by atoms with Crippen molar-refractivity contribution in [2.24, 2.45) is 7.05 Å². The van der Waals surface area contributed by atoms with Crippen LogP contribution in [0.3, 0.4) is 0 Å². The van der Waals surface area contributed by atoms with E-state index in [1.54, 1.807) is 16.8 Å². The van der Waals surface area contributed by atoms with Crippen LogP contribution in [-0.4, -0.2) is 27.8 Å². The number of fused-ring (bicyclic) bond motifs is 2. The van der Waals surface area contributed by atoms with E-state index >= 15 is 0 Å². The number of nitrogens with zero attached hydrogens (tertiary/aromatic N) is 3. The summed E-state index contributed by atoms with van der Waals surface area (Å²) in [7, 11) is 3.14. The lowest BCUT2D eigenvalue weighted by molar-refractivity contribution is 0.0595. The van der Waals surface area contributed by atoms with E-state index < -0.39 is 5.97 Å². The fourth-order valence-corrected chi connectivity index (χ4v) is 4.46. The normalized spacial score (nSPS) is 12.1. The first-order chi connectivity index (χ1) is 17.2. The van der Waals surface area contributed by atoms with Crippen molar-refractivity contribution in [2.75, 3.05) is 12.4 Å². The average molecular weight is 503 g/mol. The molecule has 3 aromatic heterocycles. The van der Waals surface area contributed by atoms with E-state index in [1.807, 2.05) is 57.4 Å². The van der Waals surface area contributed by atoms with Crippen molar-refractivity contribution in [3.63, 3.8) is 0 Å². The van der Waals surface area contributed by atoms with Gasteiger partial charge in [0.25, 0.3) is 0 Å². The summed E-state index contributed by atoms with van der Waals surface area (Å²) in [4.78, 5) is 29.5. The van der Waals surface area contributed by atoms with Crippen LogP contribution in [0.2, 0.25) is 5.15 Å². The summed E-state index contributed by atoms with van der Waals surface area (Å²) >= 11 is 6.00. The second-order valence-corrected chi connectivity index (χ2v) is 9.06. The molecule has 2 aromatic carbocycles. The molecular formula is C27H23ClN4O4. The van der Waals surface area contributed by atoms with E-state index in [2.05, 4.69) is 15.4 Å². The molecule has 0 fully saturated rings. The van der Waals surface area contributed by atoms with Gasteiger partial charge in [-0.25, -0.2) is 9.78 Å². The number of nitrogens with one attached hydrogen (secondary N) is 1. The number of aryl methyl sites for hydroxylation is 2. The molecule has 0 saturated carbocycles. The van der Waals surface area contributed by atoms with Crippen molar-refractivity contribution in [1.29, 1.82) is 0 Å². The Hall–Kier alpha value is -4.17. The molecular weight excluding hydrogens is 480 g/mol. The molecule has 182 valence electrons. The summed E-state index contributed by atoms with van der Waals surface area (Å²) in [6.07, 6.45) is 1.91. The maximum absolute atomic E-state index is 13.2. The Morgan fingerprint density at radius 2 is 1.97 bits per heavy atom. The third kappa shape index (κ3) is 4.31. The van der Waals surface area contributed by atoms with E-state index in [-0.39, 0.29) is 22.3 Å². The number of halogens is 1. The van der Waals surface area contributed by atoms with Gasteiger partial charge in [0.05, 0.1) is 29.7 Å². The van der Waals surface area contributed by atoms with Gasteiger partial charge in [-0.2, -0.15) is 5.10 Å².